The summed E-state index contributed by atoms with van der Waals surface area (Å²) < 4.78 is 19.8. The molecule has 0 spiro atoms. The highest BCUT2D eigenvalue weighted by Crippen LogP contribution is 2.39. The van der Waals surface area contributed by atoms with Crippen LogP contribution in [0.2, 0.25) is 5.02 Å². The van der Waals surface area contributed by atoms with Crippen molar-refractivity contribution in [2.75, 3.05) is 13.7 Å². The number of hydrogen-bond donors (Lipinski definition) is 6. The van der Waals surface area contributed by atoms with Crippen molar-refractivity contribution in [3.05, 3.63) is 131 Å². The molecule has 5 aromatic rings. The predicted octanol–water partition coefficient (Wildman–Crippen LogP) is 13.3. The average Bonchev–Trinajstić information content (AvgIpc) is 3.67. The molecule has 5 aromatic carbocycles. The monoisotopic (exact) mass is 1150 g/mol. The average molecular weight is 1160 g/mol. The van der Waals surface area contributed by atoms with E-state index in [2.05, 4.69) is 76.6 Å². The number of nitrogens with two attached hydrogens (primary N) is 3. The molecule has 0 bridgehead atoms. The van der Waals surface area contributed by atoms with Gasteiger partial charge in [0.2, 0.25) is 0 Å². The quantitative estimate of drug-likeness (QED) is 0.0283. The van der Waals surface area contributed by atoms with Gasteiger partial charge in [0.15, 0.2) is 18.3 Å². The van der Waals surface area contributed by atoms with Gasteiger partial charge in [-0.1, -0.05) is 199 Å². The van der Waals surface area contributed by atoms with Crippen molar-refractivity contribution in [1.82, 2.24) is 16.0 Å². The maximum Gasteiger partial charge on any atom is 0.251 e. The van der Waals surface area contributed by atoms with E-state index in [4.69, 9.17) is 43.0 Å². The molecule has 0 aliphatic heterocycles. The lowest BCUT2D eigenvalue weighted by Gasteiger charge is -2.41. The Morgan fingerprint density at radius 3 is 1.65 bits per heavy atom. The lowest BCUT2D eigenvalue weighted by Crippen LogP contribution is -2.55. The fraction of sp³-hybridized carbons (Fsp3) is 0.586. The molecule has 3 amide bonds. The molecular formula is C70H99ClN6O6. The van der Waals surface area contributed by atoms with Gasteiger partial charge < -0.3 is 47.4 Å². The Balaban J connectivity index is 0.943. The summed E-state index contributed by atoms with van der Waals surface area (Å²) in [5.41, 5.74) is 22.3. The minimum Gasteiger partial charge on any atom is -0.370 e. The van der Waals surface area contributed by atoms with Gasteiger partial charge in [0.05, 0.1) is 23.3 Å². The fourth-order valence-electron chi connectivity index (χ4n) is 14.4. The largest absolute Gasteiger partial charge is 0.370 e. The zero-order chi connectivity index (χ0) is 59.1. The van der Waals surface area contributed by atoms with E-state index in [1.165, 1.54) is 38.5 Å². The van der Waals surface area contributed by atoms with Crippen LogP contribution in [0.25, 0.3) is 21.5 Å². The summed E-state index contributed by atoms with van der Waals surface area (Å²) in [6, 6.07) is 34.8. The van der Waals surface area contributed by atoms with E-state index in [9.17, 15) is 14.4 Å². The SMILES string of the molecule is COC(C(=O)N[C@@H](CC1CCC(C[C@@H](N)C(OC(C)(C)CC(C)(C)OC(C(=O)NC(C)c2cccc3ccccc23)C(N)CC2CCCCC2)C(=O)NCCc2ccccc2Cl)CC1)c1ccc2ccccc2c1)C(N)CC1CCCCC1. The van der Waals surface area contributed by atoms with Crippen LogP contribution >= 0.6 is 11.6 Å². The Bertz CT molecular complexity index is 2850. The van der Waals surface area contributed by atoms with E-state index in [0.717, 1.165) is 102 Å². The van der Waals surface area contributed by atoms with Crippen molar-refractivity contribution in [3.63, 3.8) is 0 Å². The van der Waals surface area contributed by atoms with Crippen LogP contribution in [0.1, 0.15) is 185 Å². The zero-order valence-corrected chi connectivity index (χ0v) is 51.5. The molecule has 3 fully saturated rings. The summed E-state index contributed by atoms with van der Waals surface area (Å²) in [7, 11) is 1.60. The number of hydrogen-bond acceptors (Lipinski definition) is 9. The highest BCUT2D eigenvalue weighted by Gasteiger charge is 2.42. The summed E-state index contributed by atoms with van der Waals surface area (Å²) in [5.74, 6) is 0.881. The van der Waals surface area contributed by atoms with Crippen LogP contribution in [0.3, 0.4) is 0 Å². The summed E-state index contributed by atoms with van der Waals surface area (Å²) in [5, 5.41) is 15.0. The molecule has 13 heteroatoms. The van der Waals surface area contributed by atoms with Crippen molar-refractivity contribution in [2.24, 2.45) is 40.9 Å². The van der Waals surface area contributed by atoms with Crippen molar-refractivity contribution < 1.29 is 28.6 Å². The smallest absolute Gasteiger partial charge is 0.251 e. The van der Waals surface area contributed by atoms with Gasteiger partial charge in [-0.05, 0) is 141 Å². The Morgan fingerprint density at radius 2 is 1.05 bits per heavy atom. The number of rotatable bonds is 28. The number of nitrogens with one attached hydrogen (secondary N) is 3. The minimum absolute atomic E-state index is 0.159. The lowest BCUT2D eigenvalue weighted by molar-refractivity contribution is -0.171. The van der Waals surface area contributed by atoms with Crippen LogP contribution in [0.15, 0.2) is 109 Å². The number of benzene rings is 5. The number of carbonyl (C=O) groups is 3. The molecular weight excluding hydrogens is 1060 g/mol. The van der Waals surface area contributed by atoms with Gasteiger partial charge in [0, 0.05) is 43.2 Å². The highest BCUT2D eigenvalue weighted by atomic mass is 35.5. The molecule has 12 nitrogen and oxygen atoms in total. The number of amides is 3. The lowest BCUT2D eigenvalue weighted by atomic mass is 9.76. The van der Waals surface area contributed by atoms with Crippen LogP contribution in [0.4, 0.5) is 0 Å². The van der Waals surface area contributed by atoms with Gasteiger partial charge in [-0.15, -0.1) is 0 Å². The summed E-state index contributed by atoms with van der Waals surface area (Å²) in [4.78, 5) is 43.5. The molecule has 0 radical (unpaired) electrons. The van der Waals surface area contributed by atoms with Crippen molar-refractivity contribution in [1.29, 1.82) is 0 Å². The summed E-state index contributed by atoms with van der Waals surface area (Å²) >= 11 is 6.55. The number of methoxy groups -OCH3 is 1. The first kappa shape index (κ1) is 64.1. The number of ether oxygens (including phenoxy) is 3. The van der Waals surface area contributed by atoms with Crippen molar-refractivity contribution in [3.8, 4) is 0 Å². The molecule has 8 rings (SSSR count). The number of halogens is 1. The van der Waals surface area contributed by atoms with Gasteiger partial charge in [0.25, 0.3) is 17.7 Å². The second-order valence-electron chi connectivity index (χ2n) is 26.4. The third-order valence-electron chi connectivity index (χ3n) is 18.5. The molecule has 0 aromatic heterocycles. The van der Waals surface area contributed by atoms with E-state index >= 15 is 0 Å². The van der Waals surface area contributed by atoms with E-state index in [1.54, 1.807) is 7.11 Å². The number of fused-ring (bicyclic) bond motifs is 2. The molecule has 8 atom stereocenters. The normalized spacial score (nSPS) is 20.6. The Kier molecular flexibility index (Phi) is 23.5. The Labute approximate surface area is 501 Å². The standard InChI is InChI=1S/C70H99ClN6O6/c1-46(56-30-19-28-52-25-15-17-29-57(52)56)76-68(80)65(61(74)41-48-22-11-8-12-23-48)83-70(4,5)45-69(2,3)82-64(66(78)75-39-38-53-26-16-18-31-58(53)71)60(73)42-49-32-34-50(35-33-49)43-62(55-37-36-51-24-13-14-27-54(51)44-55)77-67(79)63(81-6)59(72)40-47-20-9-7-10-21-47/h13-19,24-31,36-37,44,46-50,59-65H,7-12,20-23,32-35,38-43,45,72-74H2,1-6H3,(H,75,78)(H,76,80)(H,77,79)/t46?,49?,50?,59?,60-,61?,62+,63?,64?,65?/m1/s1. The molecule has 9 N–H and O–H groups in total. The molecule has 6 unspecified atom stereocenters. The first-order valence-electron chi connectivity index (χ1n) is 31.6. The summed E-state index contributed by atoms with van der Waals surface area (Å²) in [6.45, 7) is 10.3. The molecule has 0 saturated heterocycles. The summed E-state index contributed by atoms with van der Waals surface area (Å²) in [6.07, 6.45) is 16.6. The van der Waals surface area contributed by atoms with Gasteiger partial charge in [0.1, 0.15) is 0 Å². The topological polar surface area (TPSA) is 193 Å². The van der Waals surface area contributed by atoms with E-state index in [-0.39, 0.29) is 41.8 Å². The van der Waals surface area contributed by atoms with Crippen LogP contribution in [0.5, 0.6) is 0 Å². The Hall–Kier alpha value is -4.92. The second kappa shape index (κ2) is 30.4. The van der Waals surface area contributed by atoms with Gasteiger partial charge in [-0.3, -0.25) is 14.4 Å². The van der Waals surface area contributed by atoms with Crippen LogP contribution in [-0.2, 0) is 35.0 Å². The maximum absolute atomic E-state index is 14.6. The van der Waals surface area contributed by atoms with Gasteiger partial charge in [-0.2, -0.15) is 0 Å². The molecule has 3 aliphatic rings. The molecule has 3 saturated carbocycles. The maximum atomic E-state index is 14.6. The third kappa shape index (κ3) is 18.5. The predicted molar refractivity (Wildman–Crippen MR) is 338 cm³/mol. The zero-order valence-electron chi connectivity index (χ0n) is 50.7. The van der Waals surface area contributed by atoms with Crippen molar-refractivity contribution in [2.45, 2.75) is 223 Å². The van der Waals surface area contributed by atoms with Crippen LogP contribution < -0.4 is 33.2 Å². The van der Waals surface area contributed by atoms with Crippen LogP contribution in [-0.4, -0.2) is 79.0 Å². The molecule has 452 valence electrons. The van der Waals surface area contributed by atoms with E-state index < -0.39 is 41.6 Å². The molecule has 3 aliphatic carbocycles. The number of carbonyl (C=O) groups excluding carboxylic acids is 3. The van der Waals surface area contributed by atoms with Crippen molar-refractivity contribution >= 4 is 50.9 Å². The third-order valence-corrected chi connectivity index (χ3v) is 18.9. The fourth-order valence-corrected chi connectivity index (χ4v) is 14.7. The highest BCUT2D eigenvalue weighted by molar-refractivity contribution is 6.31. The first-order valence-corrected chi connectivity index (χ1v) is 32.0. The van der Waals surface area contributed by atoms with Gasteiger partial charge >= 0.3 is 0 Å². The first-order chi connectivity index (χ1) is 39.8. The van der Waals surface area contributed by atoms with E-state index in [1.807, 2.05) is 83.1 Å². The molecule has 83 heavy (non-hydrogen) atoms. The minimum atomic E-state index is -0.982. The molecule has 0 heterocycles. The van der Waals surface area contributed by atoms with Crippen LogP contribution in [0, 0.1) is 23.7 Å². The Morgan fingerprint density at radius 1 is 0.554 bits per heavy atom. The van der Waals surface area contributed by atoms with E-state index in [0.29, 0.717) is 55.0 Å². The second-order valence-corrected chi connectivity index (χ2v) is 26.8. The van der Waals surface area contributed by atoms with Gasteiger partial charge in [-0.25, -0.2) is 0 Å².